The van der Waals surface area contributed by atoms with E-state index in [0.717, 1.165) is 41.5 Å². The zero-order valence-corrected chi connectivity index (χ0v) is 14.4. The van der Waals surface area contributed by atoms with Gasteiger partial charge in [0.05, 0.1) is 14.2 Å². The van der Waals surface area contributed by atoms with Crippen LogP contribution in [0.4, 0.5) is 0 Å². The van der Waals surface area contributed by atoms with E-state index in [4.69, 9.17) is 9.47 Å². The fraction of sp³-hybridized carbons (Fsp3) is 0.286. The molecule has 1 aliphatic carbocycles. The van der Waals surface area contributed by atoms with Gasteiger partial charge in [-0.25, -0.2) is 0 Å². The van der Waals surface area contributed by atoms with E-state index in [-0.39, 0.29) is 5.78 Å². The van der Waals surface area contributed by atoms with Crippen LogP contribution in [0.15, 0.2) is 48.0 Å². The Balaban J connectivity index is 2.21. The van der Waals surface area contributed by atoms with Crippen LogP contribution < -0.4 is 9.47 Å². The Hall–Kier alpha value is -2.55. The van der Waals surface area contributed by atoms with Gasteiger partial charge in [-0.05, 0) is 41.7 Å². The third-order valence-electron chi connectivity index (χ3n) is 4.46. The van der Waals surface area contributed by atoms with Crippen LogP contribution in [0.1, 0.15) is 47.7 Å². The average Bonchev–Trinajstić information content (AvgIpc) is 2.90. The molecule has 0 radical (unpaired) electrons. The summed E-state index contributed by atoms with van der Waals surface area (Å²) in [6.45, 7) is 2.14. The van der Waals surface area contributed by atoms with E-state index in [1.54, 1.807) is 20.3 Å². The van der Waals surface area contributed by atoms with Gasteiger partial charge in [-0.2, -0.15) is 0 Å². The summed E-state index contributed by atoms with van der Waals surface area (Å²) in [6, 6.07) is 13.8. The summed E-state index contributed by atoms with van der Waals surface area (Å²) in [6.07, 6.45) is 2.85. The maximum absolute atomic E-state index is 13.0. The number of ketones is 1. The van der Waals surface area contributed by atoms with Crippen molar-refractivity contribution in [1.82, 2.24) is 0 Å². The monoisotopic (exact) mass is 322 g/mol. The zero-order chi connectivity index (χ0) is 17.1. The molecular weight excluding hydrogens is 300 g/mol. The van der Waals surface area contributed by atoms with Crippen LogP contribution in [-0.2, 0) is 0 Å². The van der Waals surface area contributed by atoms with Crippen molar-refractivity contribution in [3.63, 3.8) is 0 Å². The topological polar surface area (TPSA) is 35.5 Å². The van der Waals surface area contributed by atoms with Crippen LogP contribution in [0.5, 0.6) is 11.5 Å². The summed E-state index contributed by atoms with van der Waals surface area (Å²) >= 11 is 0. The molecule has 0 amide bonds. The molecule has 0 saturated heterocycles. The molecular formula is C21H22O3. The molecule has 0 aliphatic heterocycles. The molecule has 2 aromatic carbocycles. The molecule has 0 heterocycles. The lowest BCUT2D eigenvalue weighted by molar-refractivity contribution is 0.103. The Kier molecular flexibility index (Phi) is 4.70. The lowest BCUT2D eigenvalue weighted by Crippen LogP contribution is -2.00. The van der Waals surface area contributed by atoms with Gasteiger partial charge < -0.3 is 9.47 Å². The molecule has 3 rings (SSSR count). The maximum Gasteiger partial charge on any atom is 0.190 e. The molecule has 3 nitrogen and oxygen atoms in total. The predicted molar refractivity (Wildman–Crippen MR) is 95.9 cm³/mol. The second kappa shape index (κ2) is 6.91. The van der Waals surface area contributed by atoms with Crippen molar-refractivity contribution in [1.29, 1.82) is 0 Å². The first-order chi connectivity index (χ1) is 11.7. The van der Waals surface area contributed by atoms with E-state index >= 15 is 0 Å². The van der Waals surface area contributed by atoms with E-state index in [1.807, 2.05) is 24.3 Å². The van der Waals surface area contributed by atoms with E-state index in [0.29, 0.717) is 17.1 Å². The summed E-state index contributed by atoms with van der Waals surface area (Å²) in [5, 5.41) is 0. The van der Waals surface area contributed by atoms with Crippen molar-refractivity contribution >= 4 is 11.4 Å². The number of unbranched alkanes of at least 4 members (excludes halogenated alkanes) is 1. The van der Waals surface area contributed by atoms with Crippen molar-refractivity contribution in [3.05, 3.63) is 64.7 Å². The van der Waals surface area contributed by atoms with Crippen LogP contribution in [0.3, 0.4) is 0 Å². The Morgan fingerprint density at radius 1 is 0.917 bits per heavy atom. The number of allylic oxidation sites excluding steroid dienone is 1. The first kappa shape index (κ1) is 16.3. The van der Waals surface area contributed by atoms with Gasteiger partial charge in [-0.3, -0.25) is 4.79 Å². The highest BCUT2D eigenvalue weighted by atomic mass is 16.5. The highest BCUT2D eigenvalue weighted by molar-refractivity contribution is 6.23. The lowest BCUT2D eigenvalue weighted by atomic mass is 9.95. The Bertz CT molecular complexity index is 788. The fourth-order valence-electron chi connectivity index (χ4n) is 3.24. The molecule has 0 saturated carbocycles. The summed E-state index contributed by atoms with van der Waals surface area (Å²) in [5.74, 6) is 1.35. The highest BCUT2D eigenvalue weighted by Gasteiger charge is 2.31. The van der Waals surface area contributed by atoms with E-state index < -0.39 is 0 Å². The first-order valence-electron chi connectivity index (χ1n) is 8.30. The lowest BCUT2D eigenvalue weighted by Gasteiger charge is -2.12. The standard InChI is InChI=1S/C21H22O3/c1-4-5-11-15-20(14-9-7-6-8-10-14)16-12-18(23-2)19(24-3)13-17(16)21(15)22/h6-10,12-13H,4-5,11H2,1-3H3. The smallest absolute Gasteiger partial charge is 0.190 e. The minimum absolute atomic E-state index is 0.109. The number of carbonyl (C=O) groups is 1. The van der Waals surface area contributed by atoms with Crippen molar-refractivity contribution in [3.8, 4) is 11.5 Å². The number of Topliss-reactive ketones (excluding diaryl/α,β-unsaturated/α-hetero) is 1. The van der Waals surface area contributed by atoms with E-state index in [2.05, 4.69) is 19.1 Å². The van der Waals surface area contributed by atoms with Crippen LogP contribution >= 0.6 is 0 Å². The van der Waals surface area contributed by atoms with Crippen LogP contribution in [0, 0.1) is 0 Å². The largest absolute Gasteiger partial charge is 0.493 e. The van der Waals surface area contributed by atoms with Gasteiger partial charge in [-0.1, -0.05) is 43.7 Å². The number of hydrogen-bond acceptors (Lipinski definition) is 3. The third kappa shape index (κ3) is 2.71. The molecule has 0 N–H and O–H groups in total. The molecule has 3 heteroatoms. The predicted octanol–water partition coefficient (Wildman–Crippen LogP) is 4.89. The van der Waals surface area contributed by atoms with Crippen LogP contribution in [0.2, 0.25) is 0 Å². The summed E-state index contributed by atoms with van der Waals surface area (Å²) in [7, 11) is 3.21. The summed E-state index contributed by atoms with van der Waals surface area (Å²) in [5.41, 5.74) is 4.65. The molecule has 0 fully saturated rings. The average molecular weight is 322 g/mol. The maximum atomic E-state index is 13.0. The molecule has 1 aliphatic rings. The van der Waals surface area contributed by atoms with Crippen molar-refractivity contribution in [2.24, 2.45) is 0 Å². The molecule has 0 atom stereocenters. The number of carbonyl (C=O) groups excluding carboxylic acids is 1. The fourth-order valence-corrected chi connectivity index (χ4v) is 3.24. The molecule has 0 bridgehead atoms. The Morgan fingerprint density at radius 2 is 1.54 bits per heavy atom. The third-order valence-corrected chi connectivity index (χ3v) is 4.46. The number of ether oxygens (including phenoxy) is 2. The minimum Gasteiger partial charge on any atom is -0.493 e. The molecule has 124 valence electrons. The van der Waals surface area contributed by atoms with Crippen molar-refractivity contribution < 1.29 is 14.3 Å². The second-order valence-corrected chi connectivity index (χ2v) is 5.91. The second-order valence-electron chi connectivity index (χ2n) is 5.91. The molecule has 2 aromatic rings. The number of rotatable bonds is 6. The number of fused-ring (bicyclic) bond motifs is 1. The normalized spacial score (nSPS) is 13.2. The minimum atomic E-state index is 0.109. The van der Waals surface area contributed by atoms with Gasteiger partial charge >= 0.3 is 0 Å². The van der Waals surface area contributed by atoms with E-state index in [1.165, 1.54) is 0 Å². The van der Waals surface area contributed by atoms with Gasteiger partial charge in [0.15, 0.2) is 17.3 Å². The van der Waals surface area contributed by atoms with Crippen LogP contribution in [0.25, 0.3) is 5.57 Å². The molecule has 0 aromatic heterocycles. The van der Waals surface area contributed by atoms with Crippen molar-refractivity contribution in [2.75, 3.05) is 14.2 Å². The van der Waals surface area contributed by atoms with Crippen molar-refractivity contribution in [2.45, 2.75) is 26.2 Å². The Morgan fingerprint density at radius 3 is 2.12 bits per heavy atom. The first-order valence-corrected chi connectivity index (χ1v) is 8.30. The summed E-state index contributed by atoms with van der Waals surface area (Å²) < 4.78 is 10.8. The summed E-state index contributed by atoms with van der Waals surface area (Å²) in [4.78, 5) is 13.0. The number of benzene rings is 2. The quantitative estimate of drug-likeness (QED) is 0.759. The number of methoxy groups -OCH3 is 2. The van der Waals surface area contributed by atoms with E-state index in [9.17, 15) is 4.79 Å². The van der Waals surface area contributed by atoms with Gasteiger partial charge in [0, 0.05) is 11.1 Å². The molecule has 0 spiro atoms. The molecule has 0 unspecified atom stereocenters. The number of hydrogen-bond donors (Lipinski definition) is 0. The molecule has 24 heavy (non-hydrogen) atoms. The SMILES string of the molecule is CCCCC1=C(c2ccccc2)c2cc(OC)c(OC)cc2C1=O. The van der Waals surface area contributed by atoms with Gasteiger partial charge in [0.1, 0.15) is 0 Å². The highest BCUT2D eigenvalue weighted by Crippen LogP contribution is 2.44. The van der Waals surface area contributed by atoms with Gasteiger partial charge in [-0.15, -0.1) is 0 Å². The Labute approximate surface area is 142 Å². The van der Waals surface area contributed by atoms with Gasteiger partial charge in [0.2, 0.25) is 0 Å². The zero-order valence-electron chi connectivity index (χ0n) is 14.4. The van der Waals surface area contributed by atoms with Gasteiger partial charge in [0.25, 0.3) is 0 Å². The van der Waals surface area contributed by atoms with Crippen LogP contribution in [-0.4, -0.2) is 20.0 Å².